The van der Waals surface area contributed by atoms with Crippen molar-refractivity contribution in [3.05, 3.63) is 11.9 Å². The quantitative estimate of drug-likeness (QED) is 0.320. The number of hydrogen-bond acceptors (Lipinski definition) is 9. The molecular weight excluding hydrogens is 300 g/mol. The van der Waals surface area contributed by atoms with Gasteiger partial charge >= 0.3 is 0 Å². The topological polar surface area (TPSA) is 115 Å². The third kappa shape index (κ3) is 3.65. The zero-order valence-electron chi connectivity index (χ0n) is 11.0. The summed E-state index contributed by atoms with van der Waals surface area (Å²) in [6.45, 7) is 0.617. The number of anilines is 1. The molecule has 2 heterocycles. The predicted octanol–water partition coefficient (Wildman–Crippen LogP) is -0.409. The molecular formula is C9H14N8OS2. The molecule has 0 aliphatic rings. The highest BCUT2D eigenvalue weighted by Crippen LogP contribution is 2.26. The summed E-state index contributed by atoms with van der Waals surface area (Å²) in [4.78, 5) is 13.1. The van der Waals surface area contributed by atoms with E-state index in [1.807, 2.05) is 24.4 Å². The van der Waals surface area contributed by atoms with Crippen molar-refractivity contribution < 1.29 is 4.79 Å². The summed E-state index contributed by atoms with van der Waals surface area (Å²) in [5.41, 5.74) is 2.21. The molecule has 2 aromatic heterocycles. The normalized spacial score (nSPS) is 10.6. The number of nitrogens with two attached hydrogens (primary N) is 1. The first-order valence-electron chi connectivity index (χ1n) is 5.65. The number of carbonyl (C=O) groups excluding carboxylic acids is 1. The van der Waals surface area contributed by atoms with E-state index in [2.05, 4.69) is 20.5 Å². The summed E-state index contributed by atoms with van der Waals surface area (Å²) in [5.74, 6) is 5.32. The zero-order valence-corrected chi connectivity index (χ0v) is 12.6. The maximum absolute atomic E-state index is 11.2. The molecule has 0 atom stereocenters. The smallest absolute Gasteiger partial charge is 0.287 e. The number of aromatic nitrogens is 5. The zero-order chi connectivity index (χ0) is 14.5. The second kappa shape index (κ2) is 6.63. The van der Waals surface area contributed by atoms with Crippen LogP contribution in [0.3, 0.4) is 0 Å². The van der Waals surface area contributed by atoms with Gasteiger partial charge in [-0.15, -0.1) is 15.3 Å². The van der Waals surface area contributed by atoms with E-state index in [1.165, 1.54) is 11.3 Å². The summed E-state index contributed by atoms with van der Waals surface area (Å²) < 4.78 is 2.49. The molecule has 1 amide bonds. The van der Waals surface area contributed by atoms with Gasteiger partial charge < -0.3 is 4.90 Å². The van der Waals surface area contributed by atoms with Crippen molar-refractivity contribution in [1.82, 2.24) is 30.6 Å². The number of amides is 1. The number of hydrogen-bond donors (Lipinski definition) is 2. The molecule has 0 unspecified atom stereocenters. The van der Waals surface area contributed by atoms with E-state index < -0.39 is 5.91 Å². The number of hydrazine groups is 1. The van der Waals surface area contributed by atoms with Crippen LogP contribution < -0.4 is 16.2 Å². The Balaban J connectivity index is 1.83. The number of nitrogens with one attached hydrogen (secondary N) is 1. The Morgan fingerprint density at radius 2 is 2.30 bits per heavy atom. The van der Waals surface area contributed by atoms with E-state index in [9.17, 15) is 4.79 Å². The Hall–Kier alpha value is -1.72. The molecule has 9 nitrogen and oxygen atoms in total. The highest BCUT2D eigenvalue weighted by atomic mass is 32.2. The molecule has 0 aliphatic carbocycles. The lowest BCUT2D eigenvalue weighted by Crippen LogP contribution is -2.30. The lowest BCUT2D eigenvalue weighted by molar-refractivity contribution is 0.0948. The average Bonchev–Trinajstić information content (AvgIpc) is 3.07. The van der Waals surface area contributed by atoms with Gasteiger partial charge in [-0.1, -0.05) is 28.3 Å². The van der Waals surface area contributed by atoms with E-state index in [-0.39, 0.29) is 5.69 Å². The maximum atomic E-state index is 11.2. The molecule has 0 aliphatic heterocycles. The SMILES string of the molecule is CN(C)c1nnc(SCCn2cc(C(=O)NN)nn2)s1. The Morgan fingerprint density at radius 3 is 2.95 bits per heavy atom. The molecule has 0 saturated heterocycles. The van der Waals surface area contributed by atoms with Crippen molar-refractivity contribution in [3.63, 3.8) is 0 Å². The van der Waals surface area contributed by atoms with Gasteiger partial charge in [-0.05, 0) is 0 Å². The van der Waals surface area contributed by atoms with Crippen LogP contribution in [0.2, 0.25) is 0 Å². The van der Waals surface area contributed by atoms with E-state index >= 15 is 0 Å². The fourth-order valence-electron chi connectivity index (χ4n) is 1.25. The van der Waals surface area contributed by atoms with Crippen LogP contribution in [0.25, 0.3) is 0 Å². The molecule has 11 heteroatoms. The molecule has 2 aromatic rings. The summed E-state index contributed by atoms with van der Waals surface area (Å²) >= 11 is 3.11. The molecule has 0 saturated carbocycles. The van der Waals surface area contributed by atoms with Crippen LogP contribution in [0, 0.1) is 0 Å². The van der Waals surface area contributed by atoms with Crippen molar-refractivity contribution >= 4 is 34.1 Å². The third-order valence-corrected chi connectivity index (χ3v) is 4.43. The van der Waals surface area contributed by atoms with Crippen LogP contribution >= 0.6 is 23.1 Å². The van der Waals surface area contributed by atoms with Gasteiger partial charge in [-0.3, -0.25) is 14.9 Å². The monoisotopic (exact) mass is 314 g/mol. The van der Waals surface area contributed by atoms with Gasteiger partial charge in [0.05, 0.1) is 12.7 Å². The molecule has 0 spiro atoms. The Kier molecular flexibility index (Phi) is 4.87. The van der Waals surface area contributed by atoms with Gasteiger partial charge in [0.15, 0.2) is 10.0 Å². The molecule has 2 rings (SSSR count). The Bertz CT molecular complexity index is 580. The molecule has 0 bridgehead atoms. The largest absolute Gasteiger partial charge is 0.353 e. The Labute approximate surface area is 123 Å². The van der Waals surface area contributed by atoms with E-state index in [0.717, 1.165) is 15.2 Å². The van der Waals surface area contributed by atoms with Gasteiger partial charge in [0.1, 0.15) is 0 Å². The highest BCUT2D eigenvalue weighted by Gasteiger charge is 2.09. The third-order valence-electron chi connectivity index (χ3n) is 2.23. The number of thioether (sulfide) groups is 1. The summed E-state index contributed by atoms with van der Waals surface area (Å²) in [6.07, 6.45) is 1.55. The molecule has 108 valence electrons. The van der Waals surface area contributed by atoms with Crippen molar-refractivity contribution in [2.75, 3.05) is 24.7 Å². The van der Waals surface area contributed by atoms with Gasteiger partial charge in [0.2, 0.25) is 5.13 Å². The van der Waals surface area contributed by atoms with Crippen molar-refractivity contribution in [2.45, 2.75) is 10.9 Å². The minimum absolute atomic E-state index is 0.198. The molecule has 0 radical (unpaired) electrons. The lowest BCUT2D eigenvalue weighted by Gasteiger charge is -2.03. The molecule has 0 fully saturated rings. The van der Waals surface area contributed by atoms with E-state index in [0.29, 0.717) is 6.54 Å². The maximum Gasteiger partial charge on any atom is 0.287 e. The number of nitrogens with zero attached hydrogens (tertiary/aromatic N) is 6. The van der Waals surface area contributed by atoms with Gasteiger partial charge in [0, 0.05) is 19.8 Å². The van der Waals surface area contributed by atoms with Gasteiger partial charge in [-0.2, -0.15) is 0 Å². The summed E-state index contributed by atoms with van der Waals surface area (Å²) in [6, 6.07) is 0. The van der Waals surface area contributed by atoms with E-state index in [4.69, 9.17) is 5.84 Å². The number of rotatable bonds is 6. The number of aryl methyl sites for hydroxylation is 1. The first-order chi connectivity index (χ1) is 9.60. The highest BCUT2D eigenvalue weighted by molar-refractivity contribution is 8.01. The average molecular weight is 314 g/mol. The van der Waals surface area contributed by atoms with Crippen LogP contribution in [0.4, 0.5) is 5.13 Å². The van der Waals surface area contributed by atoms with E-state index in [1.54, 1.807) is 22.6 Å². The van der Waals surface area contributed by atoms with Gasteiger partial charge in [0.25, 0.3) is 5.91 Å². The number of carbonyl (C=O) groups is 1. The van der Waals surface area contributed by atoms with Crippen molar-refractivity contribution in [1.29, 1.82) is 0 Å². The predicted molar refractivity (Wildman–Crippen MR) is 76.6 cm³/mol. The van der Waals surface area contributed by atoms with Crippen LogP contribution in [-0.4, -0.2) is 50.9 Å². The molecule has 0 aromatic carbocycles. The summed E-state index contributed by atoms with van der Waals surface area (Å²) in [7, 11) is 3.85. The fourth-order valence-corrected chi connectivity index (χ4v) is 3.02. The van der Waals surface area contributed by atoms with Gasteiger partial charge in [-0.25, -0.2) is 5.84 Å². The van der Waals surface area contributed by atoms with Crippen LogP contribution in [0.15, 0.2) is 10.5 Å². The first-order valence-corrected chi connectivity index (χ1v) is 7.45. The summed E-state index contributed by atoms with van der Waals surface area (Å²) in [5, 5.41) is 16.6. The van der Waals surface area contributed by atoms with Crippen LogP contribution in [-0.2, 0) is 6.54 Å². The minimum Gasteiger partial charge on any atom is -0.353 e. The molecule has 20 heavy (non-hydrogen) atoms. The van der Waals surface area contributed by atoms with Crippen molar-refractivity contribution in [2.24, 2.45) is 5.84 Å². The second-order valence-electron chi connectivity index (χ2n) is 3.93. The fraction of sp³-hybridized carbons (Fsp3) is 0.444. The van der Waals surface area contributed by atoms with Crippen LogP contribution in [0.5, 0.6) is 0 Å². The Morgan fingerprint density at radius 1 is 1.50 bits per heavy atom. The second-order valence-corrected chi connectivity index (χ2v) is 6.23. The number of nitrogen functional groups attached to an aromatic ring is 1. The standard InChI is InChI=1S/C9H14N8OS2/c1-16(2)8-13-14-9(20-8)19-4-3-17-5-6(12-15-17)7(18)11-10/h5H,3-4,10H2,1-2H3,(H,11,18). The van der Waals surface area contributed by atoms with Crippen LogP contribution in [0.1, 0.15) is 10.5 Å². The lowest BCUT2D eigenvalue weighted by atomic mass is 10.5. The molecule has 3 N–H and O–H groups in total. The van der Waals surface area contributed by atoms with Crippen molar-refractivity contribution in [3.8, 4) is 0 Å². The minimum atomic E-state index is -0.455. The first kappa shape index (κ1) is 14.7.